The van der Waals surface area contributed by atoms with E-state index in [4.69, 9.17) is 9.47 Å². The quantitative estimate of drug-likeness (QED) is 0.330. The third-order valence-corrected chi connectivity index (χ3v) is 5.33. The van der Waals surface area contributed by atoms with E-state index in [1.807, 2.05) is 6.92 Å². The van der Waals surface area contributed by atoms with Crippen LogP contribution in [0.1, 0.15) is 23.9 Å². The van der Waals surface area contributed by atoms with Crippen molar-refractivity contribution in [1.82, 2.24) is 24.5 Å². The van der Waals surface area contributed by atoms with Crippen LogP contribution in [0.2, 0.25) is 0 Å². The van der Waals surface area contributed by atoms with Gasteiger partial charge in [0.1, 0.15) is 5.75 Å². The van der Waals surface area contributed by atoms with Crippen LogP contribution in [0.3, 0.4) is 0 Å². The molecule has 3 aromatic heterocycles. The van der Waals surface area contributed by atoms with Crippen LogP contribution in [0, 0.1) is 13.8 Å². The number of amides is 2. The van der Waals surface area contributed by atoms with Crippen LogP contribution in [-0.2, 0) is 6.18 Å². The molecule has 2 amide bonds. The van der Waals surface area contributed by atoms with Crippen LogP contribution in [-0.4, -0.2) is 44.3 Å². The van der Waals surface area contributed by atoms with Crippen LogP contribution in [0.25, 0.3) is 17.1 Å². The second-order valence-corrected chi connectivity index (χ2v) is 8.12. The number of aryl methyl sites for hydroxylation is 2. The lowest BCUT2D eigenvalue weighted by Crippen LogP contribution is -2.21. The molecule has 0 aliphatic carbocycles. The van der Waals surface area contributed by atoms with Gasteiger partial charge in [-0.15, -0.1) is 0 Å². The number of alkyl halides is 3. The van der Waals surface area contributed by atoms with Crippen LogP contribution < -0.4 is 20.1 Å². The average Bonchev–Trinajstić information content (AvgIpc) is 3.31. The van der Waals surface area contributed by atoms with Gasteiger partial charge >= 0.3 is 12.2 Å². The molecule has 2 N–H and O–H groups in total. The summed E-state index contributed by atoms with van der Waals surface area (Å²) in [4.78, 5) is 29.6. The maximum absolute atomic E-state index is 13.5. The van der Waals surface area contributed by atoms with Crippen molar-refractivity contribution >= 4 is 17.4 Å². The van der Waals surface area contributed by atoms with Crippen molar-refractivity contribution in [2.75, 3.05) is 24.4 Å². The molecule has 4 rings (SSSR count). The molecule has 0 saturated heterocycles. The SMILES string of the molecule is CCOc1cc(OC)ncc1-c1ncc(NC(=O)Nc2cc(-n3cnc(C)c3)cc(C(F)(F)F)c2)c(C)n1. The lowest BCUT2D eigenvalue weighted by molar-refractivity contribution is -0.137. The molecule has 13 heteroatoms. The zero-order valence-electron chi connectivity index (χ0n) is 20.9. The number of methoxy groups -OCH3 is 1. The molecule has 10 nitrogen and oxygen atoms in total. The van der Waals surface area contributed by atoms with Gasteiger partial charge < -0.3 is 24.7 Å². The minimum absolute atomic E-state index is 0.0560. The molecule has 0 saturated carbocycles. The van der Waals surface area contributed by atoms with E-state index < -0.39 is 17.8 Å². The first-order valence-corrected chi connectivity index (χ1v) is 11.4. The molecule has 0 fully saturated rings. The fraction of sp³-hybridized carbons (Fsp3) is 0.240. The topological polar surface area (TPSA) is 116 Å². The fourth-order valence-corrected chi connectivity index (χ4v) is 3.54. The highest BCUT2D eigenvalue weighted by atomic mass is 19.4. The van der Waals surface area contributed by atoms with Gasteiger partial charge in [-0.3, -0.25) is 0 Å². The van der Waals surface area contributed by atoms with Crippen molar-refractivity contribution in [3.63, 3.8) is 0 Å². The molecule has 0 unspecified atom stereocenters. The maximum Gasteiger partial charge on any atom is 0.416 e. The summed E-state index contributed by atoms with van der Waals surface area (Å²) in [6.45, 7) is 5.60. The Labute approximate surface area is 215 Å². The van der Waals surface area contributed by atoms with E-state index in [1.54, 1.807) is 26.1 Å². The summed E-state index contributed by atoms with van der Waals surface area (Å²) in [5.74, 6) is 1.15. The van der Waals surface area contributed by atoms with Gasteiger partial charge in [-0.05, 0) is 39.0 Å². The summed E-state index contributed by atoms with van der Waals surface area (Å²) in [7, 11) is 1.49. The fourth-order valence-electron chi connectivity index (χ4n) is 3.54. The van der Waals surface area contributed by atoms with Gasteiger partial charge in [0.25, 0.3) is 0 Å². The lowest BCUT2D eigenvalue weighted by atomic mass is 10.1. The van der Waals surface area contributed by atoms with Crippen molar-refractivity contribution < 1.29 is 27.4 Å². The number of rotatable bonds is 7. The summed E-state index contributed by atoms with van der Waals surface area (Å²) < 4.78 is 52.8. The second kappa shape index (κ2) is 10.7. The molecular weight excluding hydrogens is 503 g/mol. The molecule has 198 valence electrons. The Kier molecular flexibility index (Phi) is 7.46. The smallest absolute Gasteiger partial charge is 0.416 e. The number of hydrogen-bond acceptors (Lipinski definition) is 7. The Hall–Kier alpha value is -4.68. The number of ether oxygens (including phenoxy) is 2. The molecule has 38 heavy (non-hydrogen) atoms. The highest BCUT2D eigenvalue weighted by molar-refractivity contribution is 6.00. The number of hydrogen-bond donors (Lipinski definition) is 2. The lowest BCUT2D eigenvalue weighted by Gasteiger charge is -2.15. The minimum Gasteiger partial charge on any atom is -0.493 e. The monoisotopic (exact) mass is 527 g/mol. The van der Waals surface area contributed by atoms with Crippen molar-refractivity contribution in [2.24, 2.45) is 0 Å². The molecular formula is C25H24F3N7O3. The molecule has 0 spiro atoms. The van der Waals surface area contributed by atoms with E-state index in [0.717, 1.165) is 12.1 Å². The summed E-state index contributed by atoms with van der Waals surface area (Å²) in [6.07, 6.45) is 1.27. The number of imidazole rings is 1. The van der Waals surface area contributed by atoms with Gasteiger partial charge in [-0.25, -0.2) is 24.7 Å². The zero-order valence-corrected chi connectivity index (χ0v) is 20.9. The highest BCUT2D eigenvalue weighted by Crippen LogP contribution is 2.33. The van der Waals surface area contributed by atoms with Crippen molar-refractivity contribution in [1.29, 1.82) is 0 Å². The largest absolute Gasteiger partial charge is 0.493 e. The number of urea groups is 1. The standard InChI is InChI=1S/C25H24F3N7O3/c1-5-38-21-9-22(37-4)29-10-19(21)23-30-11-20(15(3)32-23)34-24(36)33-17-6-16(25(26,27)28)7-18(8-17)35-12-14(2)31-13-35/h6-13H,5H2,1-4H3,(H2,33,34,36). The van der Waals surface area contributed by atoms with Gasteiger partial charge in [-0.1, -0.05) is 0 Å². The van der Waals surface area contributed by atoms with Gasteiger partial charge in [-0.2, -0.15) is 13.2 Å². The van der Waals surface area contributed by atoms with E-state index in [1.165, 1.54) is 36.5 Å². The minimum atomic E-state index is -4.62. The van der Waals surface area contributed by atoms with E-state index in [9.17, 15) is 18.0 Å². The first kappa shape index (κ1) is 26.4. The van der Waals surface area contributed by atoms with Crippen LogP contribution in [0.4, 0.5) is 29.3 Å². The molecule has 0 aliphatic heterocycles. The third kappa shape index (κ3) is 5.99. The second-order valence-electron chi connectivity index (χ2n) is 8.12. The molecule has 0 aliphatic rings. The van der Waals surface area contributed by atoms with Gasteiger partial charge in [0.2, 0.25) is 5.88 Å². The molecule has 0 atom stereocenters. The Balaban J connectivity index is 1.56. The number of nitrogens with one attached hydrogen (secondary N) is 2. The Morgan fingerprint density at radius 2 is 1.84 bits per heavy atom. The van der Waals surface area contributed by atoms with E-state index in [2.05, 4.69) is 30.6 Å². The number of carbonyl (C=O) groups excluding carboxylic acids is 1. The maximum atomic E-state index is 13.5. The Morgan fingerprint density at radius 3 is 2.47 bits per heavy atom. The average molecular weight is 528 g/mol. The van der Waals surface area contributed by atoms with E-state index >= 15 is 0 Å². The number of carbonyl (C=O) groups is 1. The Morgan fingerprint density at radius 1 is 1.05 bits per heavy atom. The van der Waals surface area contributed by atoms with E-state index in [0.29, 0.717) is 41.0 Å². The van der Waals surface area contributed by atoms with Gasteiger partial charge in [0, 0.05) is 29.8 Å². The van der Waals surface area contributed by atoms with Crippen molar-refractivity contribution in [2.45, 2.75) is 26.9 Å². The van der Waals surface area contributed by atoms with Crippen molar-refractivity contribution in [3.8, 4) is 28.7 Å². The number of pyridine rings is 1. The van der Waals surface area contributed by atoms with Crippen LogP contribution in [0.5, 0.6) is 11.6 Å². The van der Waals surface area contributed by atoms with Crippen LogP contribution in [0.15, 0.2) is 49.2 Å². The van der Waals surface area contributed by atoms with Crippen molar-refractivity contribution in [3.05, 3.63) is 66.1 Å². The molecule has 1 aromatic carbocycles. The predicted octanol–water partition coefficient (Wildman–Crippen LogP) is 5.41. The Bertz CT molecular complexity index is 1470. The first-order chi connectivity index (χ1) is 18.1. The number of aromatic nitrogens is 5. The molecule has 4 aromatic rings. The summed E-state index contributed by atoms with van der Waals surface area (Å²) in [5.41, 5.74) is 1.06. The van der Waals surface area contributed by atoms with Gasteiger partial charge in [0.15, 0.2) is 5.82 Å². The number of benzene rings is 1. The van der Waals surface area contributed by atoms with Crippen LogP contribution >= 0.6 is 0 Å². The molecule has 3 heterocycles. The summed E-state index contributed by atoms with van der Waals surface area (Å²) in [5, 5.41) is 5.02. The normalized spacial score (nSPS) is 11.2. The first-order valence-electron chi connectivity index (χ1n) is 11.4. The number of nitrogens with zero attached hydrogens (tertiary/aromatic N) is 5. The van der Waals surface area contributed by atoms with Gasteiger partial charge in [0.05, 0.1) is 54.4 Å². The molecule has 0 radical (unpaired) electrons. The summed E-state index contributed by atoms with van der Waals surface area (Å²) >= 11 is 0. The third-order valence-electron chi connectivity index (χ3n) is 5.33. The summed E-state index contributed by atoms with van der Waals surface area (Å²) in [6, 6.07) is 4.09. The number of halogens is 3. The number of anilines is 2. The molecule has 0 bridgehead atoms. The highest BCUT2D eigenvalue weighted by Gasteiger charge is 2.31. The zero-order chi connectivity index (χ0) is 27.4. The predicted molar refractivity (Wildman–Crippen MR) is 134 cm³/mol. The van der Waals surface area contributed by atoms with E-state index in [-0.39, 0.29) is 17.1 Å².